The van der Waals surface area contributed by atoms with Crippen LogP contribution in [0.3, 0.4) is 0 Å². The standard InChI is InChI=1S/C30H28BrCl2N5O/c31-25-17-37(15-21-6-7-22(32)11-26(21)33)36-28(25)34-29(39)24-16-38(23-4-2-1-3-5-23)35-27(24)30-12-18-8-19(13-30)10-20(9-18)14-30/h1-7,11,16-20H,8-10,12-15H2,(H,34,36,39). The van der Waals surface area contributed by atoms with E-state index in [1.54, 1.807) is 16.8 Å². The lowest BCUT2D eigenvalue weighted by atomic mass is 9.48. The first kappa shape index (κ1) is 25.4. The summed E-state index contributed by atoms with van der Waals surface area (Å²) < 4.78 is 4.33. The molecule has 0 radical (unpaired) electrons. The molecule has 1 amide bonds. The first-order valence-electron chi connectivity index (χ1n) is 13.5. The molecule has 0 atom stereocenters. The largest absolute Gasteiger partial charge is 0.304 e. The number of hydrogen-bond acceptors (Lipinski definition) is 3. The fraction of sp³-hybridized carbons (Fsp3) is 0.367. The van der Waals surface area contributed by atoms with Crippen LogP contribution in [0.2, 0.25) is 10.0 Å². The third kappa shape index (κ3) is 4.72. The second kappa shape index (κ2) is 9.79. The van der Waals surface area contributed by atoms with Gasteiger partial charge in [-0.05, 0) is 102 Å². The maximum Gasteiger partial charge on any atom is 0.260 e. The Morgan fingerprint density at radius 3 is 2.33 bits per heavy atom. The van der Waals surface area contributed by atoms with Crippen molar-refractivity contribution in [2.75, 3.05) is 5.32 Å². The summed E-state index contributed by atoms with van der Waals surface area (Å²) in [6.45, 7) is 0.453. The normalized spacial score (nSPS) is 25.3. The van der Waals surface area contributed by atoms with Crippen molar-refractivity contribution in [2.24, 2.45) is 17.8 Å². The molecule has 2 heterocycles. The van der Waals surface area contributed by atoms with Crippen LogP contribution in [-0.4, -0.2) is 25.5 Å². The van der Waals surface area contributed by atoms with E-state index in [1.165, 1.54) is 19.3 Å². The Labute approximate surface area is 245 Å². The molecule has 1 N–H and O–H groups in total. The summed E-state index contributed by atoms with van der Waals surface area (Å²) in [7, 11) is 0. The van der Waals surface area contributed by atoms with Crippen molar-refractivity contribution in [3.05, 3.63) is 92.3 Å². The van der Waals surface area contributed by atoms with E-state index in [9.17, 15) is 4.79 Å². The average Bonchev–Trinajstić information content (AvgIpc) is 3.50. The zero-order valence-electron chi connectivity index (χ0n) is 21.3. The van der Waals surface area contributed by atoms with Gasteiger partial charge in [0.15, 0.2) is 5.82 Å². The summed E-state index contributed by atoms with van der Waals surface area (Å²) in [6, 6.07) is 15.4. The smallest absolute Gasteiger partial charge is 0.260 e. The lowest BCUT2D eigenvalue weighted by Crippen LogP contribution is -2.49. The van der Waals surface area contributed by atoms with Crippen molar-refractivity contribution in [1.29, 1.82) is 0 Å². The lowest BCUT2D eigenvalue weighted by Gasteiger charge is -2.56. The predicted molar refractivity (Wildman–Crippen MR) is 157 cm³/mol. The highest BCUT2D eigenvalue weighted by Crippen LogP contribution is 2.61. The molecule has 39 heavy (non-hydrogen) atoms. The number of halogens is 3. The van der Waals surface area contributed by atoms with E-state index in [2.05, 4.69) is 26.3 Å². The SMILES string of the molecule is O=C(Nc1nn(Cc2ccc(Cl)cc2Cl)cc1Br)c1cn(-c2ccccc2)nc1C12CC3CC(CC(C3)C1)C2. The molecule has 6 nitrogen and oxygen atoms in total. The maximum atomic E-state index is 13.9. The van der Waals surface area contributed by atoms with Crippen LogP contribution in [0.25, 0.3) is 5.69 Å². The molecule has 0 aliphatic heterocycles. The molecular formula is C30H28BrCl2N5O. The van der Waals surface area contributed by atoms with Gasteiger partial charge in [0, 0.05) is 27.9 Å². The van der Waals surface area contributed by atoms with Crippen molar-refractivity contribution in [3.8, 4) is 5.69 Å². The van der Waals surface area contributed by atoms with E-state index >= 15 is 0 Å². The van der Waals surface area contributed by atoms with Crippen molar-refractivity contribution >= 4 is 50.9 Å². The molecular weight excluding hydrogens is 597 g/mol. The van der Waals surface area contributed by atoms with Crippen LogP contribution in [0.15, 0.2) is 65.4 Å². The van der Waals surface area contributed by atoms with E-state index in [0.29, 0.717) is 32.4 Å². The molecule has 4 fully saturated rings. The van der Waals surface area contributed by atoms with Crippen LogP contribution in [0.4, 0.5) is 5.82 Å². The van der Waals surface area contributed by atoms with Gasteiger partial charge in [-0.25, -0.2) is 4.68 Å². The summed E-state index contributed by atoms with van der Waals surface area (Å²) in [5.41, 5.74) is 3.41. The zero-order chi connectivity index (χ0) is 26.7. The Morgan fingerprint density at radius 2 is 1.67 bits per heavy atom. The third-order valence-corrected chi connectivity index (χ3v) is 9.98. The number of carbonyl (C=O) groups excluding carboxylic acids is 1. The molecule has 0 spiro atoms. The van der Waals surface area contributed by atoms with Gasteiger partial charge in [-0.3, -0.25) is 9.48 Å². The molecule has 200 valence electrons. The first-order valence-corrected chi connectivity index (χ1v) is 15.0. The van der Waals surface area contributed by atoms with Gasteiger partial charge >= 0.3 is 0 Å². The first-order chi connectivity index (χ1) is 18.8. The second-order valence-corrected chi connectivity index (χ2v) is 13.3. The highest BCUT2D eigenvalue weighted by atomic mass is 79.9. The van der Waals surface area contributed by atoms with Crippen LogP contribution in [-0.2, 0) is 12.0 Å². The van der Waals surface area contributed by atoms with E-state index in [4.69, 9.17) is 28.3 Å². The summed E-state index contributed by atoms with van der Waals surface area (Å²) >= 11 is 16.0. The number of nitrogens with one attached hydrogen (secondary N) is 1. The number of nitrogens with zero attached hydrogens (tertiary/aromatic N) is 4. The van der Waals surface area contributed by atoms with Crippen molar-refractivity contribution in [1.82, 2.24) is 19.6 Å². The Bertz CT molecular complexity index is 1530. The maximum absolute atomic E-state index is 13.9. The monoisotopic (exact) mass is 623 g/mol. The topological polar surface area (TPSA) is 64.7 Å². The van der Waals surface area contributed by atoms with Gasteiger partial charge in [-0.2, -0.15) is 10.2 Å². The third-order valence-electron chi connectivity index (χ3n) is 8.82. The molecule has 4 bridgehead atoms. The Kier molecular flexibility index (Phi) is 6.37. The van der Waals surface area contributed by atoms with Crippen molar-refractivity contribution < 1.29 is 4.79 Å². The fourth-order valence-corrected chi connectivity index (χ4v) is 8.49. The molecule has 8 rings (SSSR count). The van der Waals surface area contributed by atoms with Gasteiger partial charge < -0.3 is 5.32 Å². The second-order valence-electron chi connectivity index (χ2n) is 11.6. The number of anilines is 1. The fourth-order valence-electron chi connectivity index (χ4n) is 7.61. The highest BCUT2D eigenvalue weighted by molar-refractivity contribution is 9.10. The molecule has 9 heteroatoms. The quantitative estimate of drug-likeness (QED) is 0.237. The van der Waals surface area contributed by atoms with E-state index in [0.717, 1.165) is 54.0 Å². The van der Waals surface area contributed by atoms with Crippen molar-refractivity contribution in [3.63, 3.8) is 0 Å². The van der Waals surface area contributed by atoms with Crippen LogP contribution in [0.5, 0.6) is 0 Å². The van der Waals surface area contributed by atoms with Gasteiger partial charge in [-0.15, -0.1) is 0 Å². The number of hydrogen-bond donors (Lipinski definition) is 1. The van der Waals surface area contributed by atoms with E-state index < -0.39 is 0 Å². The minimum absolute atomic E-state index is 0.0244. The minimum atomic E-state index is -0.182. The highest BCUT2D eigenvalue weighted by Gasteiger charge is 2.54. The molecule has 2 aromatic heterocycles. The van der Waals surface area contributed by atoms with Crippen molar-refractivity contribution in [2.45, 2.75) is 50.5 Å². The molecule has 0 saturated heterocycles. The Morgan fingerprint density at radius 1 is 0.974 bits per heavy atom. The molecule has 4 aromatic rings. The van der Waals surface area contributed by atoms with Crippen LogP contribution in [0.1, 0.15) is 60.1 Å². The number of aromatic nitrogens is 4. The zero-order valence-corrected chi connectivity index (χ0v) is 24.4. The number of amides is 1. The van der Waals surface area contributed by atoms with E-state index in [-0.39, 0.29) is 11.3 Å². The molecule has 2 aromatic carbocycles. The van der Waals surface area contributed by atoms with Gasteiger partial charge in [0.1, 0.15) is 0 Å². The summed E-state index contributed by atoms with van der Waals surface area (Å²) in [4.78, 5) is 13.9. The summed E-state index contributed by atoms with van der Waals surface area (Å²) in [5, 5.41) is 14.0. The predicted octanol–water partition coefficient (Wildman–Crippen LogP) is 7.91. The number of carbonyl (C=O) groups is 1. The Balaban J connectivity index is 1.21. The number of benzene rings is 2. The van der Waals surface area contributed by atoms with Crippen LogP contribution >= 0.6 is 39.1 Å². The summed E-state index contributed by atoms with van der Waals surface area (Å²) in [6.07, 6.45) is 11.1. The van der Waals surface area contributed by atoms with Gasteiger partial charge in [-0.1, -0.05) is 47.5 Å². The molecule has 4 aliphatic carbocycles. The van der Waals surface area contributed by atoms with Crippen LogP contribution < -0.4 is 5.32 Å². The lowest BCUT2D eigenvalue weighted by molar-refractivity contribution is -0.00765. The molecule has 4 aliphatic rings. The Hall–Kier alpha value is -2.61. The van der Waals surface area contributed by atoms with E-state index in [1.807, 2.05) is 53.5 Å². The molecule has 4 saturated carbocycles. The molecule has 0 unspecified atom stereocenters. The van der Waals surface area contributed by atoms with Crippen LogP contribution in [0, 0.1) is 17.8 Å². The van der Waals surface area contributed by atoms with Gasteiger partial charge in [0.25, 0.3) is 5.91 Å². The summed E-state index contributed by atoms with van der Waals surface area (Å²) in [5.74, 6) is 2.53. The van der Waals surface area contributed by atoms with Gasteiger partial charge in [0.05, 0.1) is 28.0 Å². The number of para-hydroxylation sites is 1. The average molecular weight is 625 g/mol. The minimum Gasteiger partial charge on any atom is -0.304 e. The number of rotatable bonds is 6. The van der Waals surface area contributed by atoms with Gasteiger partial charge in [0.2, 0.25) is 0 Å².